The maximum Gasteiger partial charge on any atom is 0.201 e. The second kappa shape index (κ2) is 4.79. The molecule has 0 aromatic carbocycles. The highest BCUT2D eigenvalue weighted by Gasteiger charge is 2.15. The lowest BCUT2D eigenvalue weighted by molar-refractivity contribution is 0.750. The molecule has 0 atom stereocenters. The number of H-pyrrole nitrogens is 1. The minimum Gasteiger partial charge on any atom is -0.306 e. The number of aromatic nitrogens is 7. The predicted molar refractivity (Wildman–Crippen MR) is 84.7 cm³/mol. The van der Waals surface area contributed by atoms with Crippen molar-refractivity contribution in [1.82, 2.24) is 33.9 Å². The van der Waals surface area contributed by atoms with Crippen molar-refractivity contribution in [3.8, 4) is 17.3 Å². The average Bonchev–Trinajstić information content (AvgIpc) is 3.16. The normalized spacial score (nSPS) is 11.4. The predicted octanol–water partition coefficient (Wildman–Crippen LogP) is 2.63. The van der Waals surface area contributed by atoms with Crippen LogP contribution in [0.2, 0.25) is 5.02 Å². The Labute approximate surface area is 134 Å². The summed E-state index contributed by atoms with van der Waals surface area (Å²) in [6, 6.07) is 5.45. The molecule has 9 heteroatoms. The number of halogens is 1. The van der Waals surface area contributed by atoms with Crippen molar-refractivity contribution < 1.29 is 0 Å². The molecule has 4 aromatic rings. The Morgan fingerprint density at radius 3 is 2.91 bits per heavy atom. The molecule has 0 aliphatic carbocycles. The largest absolute Gasteiger partial charge is 0.306 e. The van der Waals surface area contributed by atoms with Gasteiger partial charge in [0.05, 0.1) is 0 Å². The SMILES string of the molecule is Cn1ccc(-n2c(-c3cn4ccc(Cl)cc4n3)n[nH]c2=S)n1. The summed E-state index contributed by atoms with van der Waals surface area (Å²) in [5.41, 5.74) is 1.42. The van der Waals surface area contributed by atoms with Gasteiger partial charge in [-0.25, -0.2) is 9.55 Å². The molecule has 4 rings (SSSR count). The van der Waals surface area contributed by atoms with Crippen LogP contribution in [0.5, 0.6) is 0 Å². The summed E-state index contributed by atoms with van der Waals surface area (Å²) in [6.45, 7) is 0. The van der Waals surface area contributed by atoms with Crippen molar-refractivity contribution in [1.29, 1.82) is 0 Å². The van der Waals surface area contributed by atoms with E-state index in [4.69, 9.17) is 23.8 Å². The molecule has 7 nitrogen and oxygen atoms in total. The summed E-state index contributed by atoms with van der Waals surface area (Å²) in [4.78, 5) is 4.54. The van der Waals surface area contributed by atoms with Gasteiger partial charge >= 0.3 is 0 Å². The molecular formula is C13H10ClN7S. The van der Waals surface area contributed by atoms with Crippen molar-refractivity contribution in [2.75, 3.05) is 0 Å². The van der Waals surface area contributed by atoms with E-state index in [1.54, 1.807) is 21.4 Å². The lowest BCUT2D eigenvalue weighted by Crippen LogP contribution is -2.00. The highest BCUT2D eigenvalue weighted by atomic mass is 35.5. The number of aromatic amines is 1. The first-order valence-electron chi connectivity index (χ1n) is 6.44. The van der Waals surface area contributed by atoms with Gasteiger partial charge in [-0.05, 0) is 18.3 Å². The smallest absolute Gasteiger partial charge is 0.201 e. The Kier molecular flexibility index (Phi) is 2.88. The first-order valence-corrected chi connectivity index (χ1v) is 7.22. The topological polar surface area (TPSA) is 68.7 Å². The molecule has 0 unspecified atom stereocenters. The van der Waals surface area contributed by atoms with E-state index >= 15 is 0 Å². The number of nitrogens with one attached hydrogen (secondary N) is 1. The maximum atomic E-state index is 6.00. The van der Waals surface area contributed by atoms with E-state index in [0.717, 1.165) is 5.65 Å². The van der Waals surface area contributed by atoms with E-state index in [0.29, 0.717) is 27.1 Å². The van der Waals surface area contributed by atoms with Crippen LogP contribution in [0.4, 0.5) is 0 Å². The highest BCUT2D eigenvalue weighted by Crippen LogP contribution is 2.21. The molecule has 4 aromatic heterocycles. The van der Waals surface area contributed by atoms with Crippen LogP contribution in [-0.2, 0) is 7.05 Å². The zero-order valence-electron chi connectivity index (χ0n) is 11.4. The Morgan fingerprint density at radius 2 is 2.14 bits per heavy atom. The van der Waals surface area contributed by atoms with Crippen LogP contribution in [0.1, 0.15) is 0 Å². The van der Waals surface area contributed by atoms with Crippen LogP contribution in [0, 0.1) is 4.77 Å². The number of nitrogens with zero attached hydrogens (tertiary/aromatic N) is 6. The van der Waals surface area contributed by atoms with Crippen molar-refractivity contribution in [2.24, 2.45) is 7.05 Å². The molecule has 4 heterocycles. The minimum atomic E-state index is 0.462. The Bertz CT molecular complexity index is 1040. The van der Waals surface area contributed by atoms with Crippen LogP contribution in [0.15, 0.2) is 36.8 Å². The summed E-state index contributed by atoms with van der Waals surface area (Å²) in [5.74, 6) is 1.29. The summed E-state index contributed by atoms with van der Waals surface area (Å²) in [5, 5.41) is 12.1. The molecule has 0 fully saturated rings. The molecular weight excluding hydrogens is 322 g/mol. The molecule has 0 spiro atoms. The fourth-order valence-electron chi connectivity index (χ4n) is 2.27. The molecule has 0 radical (unpaired) electrons. The number of aryl methyl sites for hydroxylation is 1. The molecule has 0 amide bonds. The zero-order valence-corrected chi connectivity index (χ0v) is 13.0. The Balaban J connectivity index is 1.93. The third-order valence-corrected chi connectivity index (χ3v) is 3.76. The van der Waals surface area contributed by atoms with Gasteiger partial charge in [0, 0.05) is 42.8 Å². The fraction of sp³-hybridized carbons (Fsp3) is 0.0769. The van der Waals surface area contributed by atoms with E-state index in [1.165, 1.54) is 0 Å². The second-order valence-electron chi connectivity index (χ2n) is 4.77. The number of fused-ring (bicyclic) bond motifs is 1. The fourth-order valence-corrected chi connectivity index (χ4v) is 2.65. The second-order valence-corrected chi connectivity index (χ2v) is 5.60. The quantitative estimate of drug-likeness (QED) is 0.573. The van der Waals surface area contributed by atoms with E-state index in [9.17, 15) is 0 Å². The van der Waals surface area contributed by atoms with Crippen LogP contribution in [0.25, 0.3) is 23.0 Å². The van der Waals surface area contributed by atoms with Crippen LogP contribution in [0.3, 0.4) is 0 Å². The van der Waals surface area contributed by atoms with E-state index in [-0.39, 0.29) is 0 Å². The molecule has 1 N–H and O–H groups in total. The van der Waals surface area contributed by atoms with E-state index < -0.39 is 0 Å². The van der Waals surface area contributed by atoms with Gasteiger partial charge < -0.3 is 4.40 Å². The molecule has 0 aliphatic rings. The third kappa shape index (κ3) is 2.04. The first kappa shape index (κ1) is 13.2. The molecule has 0 aliphatic heterocycles. The van der Waals surface area contributed by atoms with Crippen LogP contribution < -0.4 is 0 Å². The number of imidazole rings is 1. The molecule has 0 bridgehead atoms. The average molecular weight is 332 g/mol. The Morgan fingerprint density at radius 1 is 1.27 bits per heavy atom. The molecule has 110 valence electrons. The van der Waals surface area contributed by atoms with E-state index in [1.807, 2.05) is 36.1 Å². The van der Waals surface area contributed by atoms with E-state index in [2.05, 4.69) is 20.3 Å². The van der Waals surface area contributed by atoms with Crippen molar-refractivity contribution >= 4 is 29.5 Å². The molecule has 22 heavy (non-hydrogen) atoms. The summed E-state index contributed by atoms with van der Waals surface area (Å²) in [6.07, 6.45) is 5.56. The van der Waals surface area contributed by atoms with Crippen molar-refractivity contribution in [3.63, 3.8) is 0 Å². The van der Waals surface area contributed by atoms with Crippen molar-refractivity contribution in [2.45, 2.75) is 0 Å². The van der Waals surface area contributed by atoms with Gasteiger partial charge in [-0.15, -0.1) is 0 Å². The number of pyridine rings is 1. The van der Waals surface area contributed by atoms with Gasteiger partial charge in [-0.3, -0.25) is 9.78 Å². The number of hydrogen-bond donors (Lipinski definition) is 1. The van der Waals surface area contributed by atoms with Gasteiger partial charge in [0.25, 0.3) is 0 Å². The summed E-state index contributed by atoms with van der Waals surface area (Å²) in [7, 11) is 1.85. The lowest BCUT2D eigenvalue weighted by Gasteiger charge is -1.99. The van der Waals surface area contributed by atoms with Crippen LogP contribution in [-0.4, -0.2) is 33.9 Å². The molecule has 0 saturated carbocycles. The van der Waals surface area contributed by atoms with Gasteiger partial charge in [-0.1, -0.05) is 11.6 Å². The standard InChI is InChI=1S/C13H10ClN7S/c1-19-4-3-10(18-19)21-12(16-17-13(21)22)9-7-20-5-2-8(14)6-11(20)15-9/h2-7H,1H3,(H,17,22). The Hall–Kier alpha value is -2.45. The maximum absolute atomic E-state index is 6.00. The number of hydrogen-bond acceptors (Lipinski definition) is 4. The minimum absolute atomic E-state index is 0.462. The van der Waals surface area contributed by atoms with Gasteiger partial charge in [0.1, 0.15) is 11.3 Å². The highest BCUT2D eigenvalue weighted by molar-refractivity contribution is 7.71. The number of rotatable bonds is 2. The zero-order chi connectivity index (χ0) is 15.3. The summed E-state index contributed by atoms with van der Waals surface area (Å²) < 4.78 is 5.79. The monoisotopic (exact) mass is 331 g/mol. The first-order chi connectivity index (χ1) is 10.6. The van der Waals surface area contributed by atoms with Gasteiger partial charge in [0.2, 0.25) is 4.77 Å². The van der Waals surface area contributed by atoms with Crippen molar-refractivity contribution in [3.05, 3.63) is 46.6 Å². The third-order valence-electron chi connectivity index (χ3n) is 3.25. The lowest BCUT2D eigenvalue weighted by atomic mass is 10.4. The van der Waals surface area contributed by atoms with Gasteiger partial charge in [0.15, 0.2) is 11.6 Å². The van der Waals surface area contributed by atoms with Crippen LogP contribution >= 0.6 is 23.8 Å². The molecule has 0 saturated heterocycles. The van der Waals surface area contributed by atoms with Gasteiger partial charge in [-0.2, -0.15) is 10.2 Å². The summed E-state index contributed by atoms with van der Waals surface area (Å²) >= 11 is 11.3.